The van der Waals surface area contributed by atoms with Gasteiger partial charge in [-0.1, -0.05) is 6.92 Å². The quantitative estimate of drug-likeness (QED) is 0.860. The molecule has 1 aromatic rings. The highest BCUT2D eigenvalue weighted by atomic mass is 32.1. The Morgan fingerprint density at radius 3 is 2.83 bits per heavy atom. The molecule has 2 rings (SSSR count). The molecule has 0 saturated carbocycles. The third kappa shape index (κ3) is 2.94. The van der Waals surface area contributed by atoms with Crippen LogP contribution < -0.4 is 5.73 Å². The first-order chi connectivity index (χ1) is 8.65. The number of aryl methyl sites for hydroxylation is 1. The number of nitrogens with zero attached hydrogens (tertiary/aromatic N) is 1. The van der Waals surface area contributed by atoms with E-state index in [2.05, 4.69) is 30.9 Å². The molecule has 3 atom stereocenters. The zero-order valence-electron chi connectivity index (χ0n) is 11.3. The van der Waals surface area contributed by atoms with Crippen molar-refractivity contribution in [2.75, 3.05) is 19.7 Å². The molecule has 18 heavy (non-hydrogen) atoms. The van der Waals surface area contributed by atoms with Crippen molar-refractivity contribution in [3.63, 3.8) is 0 Å². The van der Waals surface area contributed by atoms with Crippen LogP contribution in [0.4, 0.5) is 0 Å². The summed E-state index contributed by atoms with van der Waals surface area (Å²) < 4.78 is 0. The van der Waals surface area contributed by atoms with Gasteiger partial charge in [0.25, 0.3) is 0 Å². The minimum absolute atomic E-state index is 0.181. The van der Waals surface area contributed by atoms with Gasteiger partial charge in [0.1, 0.15) is 0 Å². The Morgan fingerprint density at radius 1 is 1.56 bits per heavy atom. The van der Waals surface area contributed by atoms with Crippen molar-refractivity contribution >= 4 is 11.3 Å². The minimum Gasteiger partial charge on any atom is -0.396 e. The normalized spacial score (nSPS) is 24.3. The maximum Gasteiger partial charge on any atom is 0.0593 e. The summed E-state index contributed by atoms with van der Waals surface area (Å²) >= 11 is 1.85. The Kier molecular flexibility index (Phi) is 4.78. The molecule has 1 aliphatic heterocycles. The van der Waals surface area contributed by atoms with E-state index in [1.165, 1.54) is 9.75 Å². The summed E-state index contributed by atoms with van der Waals surface area (Å²) in [5, 5.41) is 9.28. The van der Waals surface area contributed by atoms with Crippen LogP contribution in [0.3, 0.4) is 0 Å². The molecule has 1 aliphatic rings. The highest BCUT2D eigenvalue weighted by molar-refractivity contribution is 7.12. The topological polar surface area (TPSA) is 49.5 Å². The van der Waals surface area contributed by atoms with Crippen molar-refractivity contribution in [3.05, 3.63) is 21.9 Å². The van der Waals surface area contributed by atoms with Gasteiger partial charge in [0.05, 0.1) is 6.04 Å². The summed E-state index contributed by atoms with van der Waals surface area (Å²) in [6, 6.07) is 4.90. The van der Waals surface area contributed by atoms with Crippen LogP contribution in [0.15, 0.2) is 12.1 Å². The van der Waals surface area contributed by atoms with Gasteiger partial charge in [-0.05, 0) is 44.4 Å². The van der Waals surface area contributed by atoms with Crippen LogP contribution in [-0.4, -0.2) is 35.7 Å². The molecule has 0 aromatic carbocycles. The molecule has 1 aromatic heterocycles. The summed E-state index contributed by atoms with van der Waals surface area (Å²) in [7, 11) is 0. The third-order valence-electron chi connectivity index (χ3n) is 3.90. The second kappa shape index (κ2) is 6.15. The summed E-state index contributed by atoms with van der Waals surface area (Å²) in [6.07, 6.45) is 2.08. The zero-order valence-corrected chi connectivity index (χ0v) is 12.1. The van der Waals surface area contributed by atoms with Gasteiger partial charge < -0.3 is 10.8 Å². The Hall–Kier alpha value is -0.420. The zero-order chi connectivity index (χ0) is 13.1. The molecule has 0 bridgehead atoms. The molecular formula is C14H24N2OS. The van der Waals surface area contributed by atoms with E-state index < -0.39 is 0 Å². The van der Waals surface area contributed by atoms with Crippen molar-refractivity contribution in [2.45, 2.75) is 38.8 Å². The van der Waals surface area contributed by atoms with Crippen molar-refractivity contribution < 1.29 is 5.11 Å². The molecule has 1 saturated heterocycles. The Balaban J connectivity index is 2.16. The van der Waals surface area contributed by atoms with Gasteiger partial charge in [0, 0.05) is 28.9 Å². The first kappa shape index (κ1) is 14.0. The molecule has 3 nitrogen and oxygen atoms in total. The number of nitrogens with two attached hydrogens (primary N) is 1. The van der Waals surface area contributed by atoms with E-state index in [1.54, 1.807) is 0 Å². The first-order valence-electron chi connectivity index (χ1n) is 6.82. The molecule has 0 amide bonds. The maximum absolute atomic E-state index is 9.28. The minimum atomic E-state index is 0.181. The summed E-state index contributed by atoms with van der Waals surface area (Å²) in [6.45, 7) is 6.63. The van der Waals surface area contributed by atoms with Crippen LogP contribution in [0.1, 0.15) is 35.6 Å². The van der Waals surface area contributed by atoms with Gasteiger partial charge in [-0.2, -0.15) is 0 Å². The van der Waals surface area contributed by atoms with Crippen molar-refractivity contribution in [2.24, 2.45) is 11.7 Å². The molecule has 2 heterocycles. The van der Waals surface area contributed by atoms with Gasteiger partial charge in [-0.25, -0.2) is 0 Å². The second-order valence-electron chi connectivity index (χ2n) is 5.30. The molecule has 0 aliphatic carbocycles. The van der Waals surface area contributed by atoms with E-state index in [0.717, 1.165) is 25.9 Å². The summed E-state index contributed by atoms with van der Waals surface area (Å²) in [4.78, 5) is 5.18. The van der Waals surface area contributed by atoms with Crippen LogP contribution in [-0.2, 0) is 0 Å². The number of hydrogen-bond acceptors (Lipinski definition) is 4. The number of rotatable bonds is 5. The lowest BCUT2D eigenvalue weighted by Crippen LogP contribution is -2.39. The van der Waals surface area contributed by atoms with Gasteiger partial charge in [-0.3, -0.25) is 4.90 Å². The lowest BCUT2D eigenvalue weighted by atomic mass is 10.0. The van der Waals surface area contributed by atoms with Crippen molar-refractivity contribution in [3.8, 4) is 0 Å². The van der Waals surface area contributed by atoms with Gasteiger partial charge >= 0.3 is 0 Å². The molecule has 0 radical (unpaired) electrons. The second-order valence-corrected chi connectivity index (χ2v) is 6.62. The van der Waals surface area contributed by atoms with Gasteiger partial charge in [-0.15, -0.1) is 11.3 Å². The van der Waals surface area contributed by atoms with E-state index in [1.807, 2.05) is 11.3 Å². The highest BCUT2D eigenvalue weighted by Crippen LogP contribution is 2.34. The monoisotopic (exact) mass is 268 g/mol. The molecule has 3 unspecified atom stereocenters. The Labute approximate surface area is 114 Å². The Morgan fingerprint density at radius 2 is 2.33 bits per heavy atom. The fraction of sp³-hybridized carbons (Fsp3) is 0.714. The molecule has 3 N–H and O–H groups in total. The average molecular weight is 268 g/mol. The third-order valence-corrected chi connectivity index (χ3v) is 4.97. The van der Waals surface area contributed by atoms with Crippen LogP contribution in [0.5, 0.6) is 0 Å². The van der Waals surface area contributed by atoms with E-state index in [4.69, 9.17) is 5.73 Å². The fourth-order valence-corrected chi connectivity index (χ4v) is 3.85. The van der Waals surface area contributed by atoms with Crippen LogP contribution >= 0.6 is 11.3 Å². The van der Waals surface area contributed by atoms with E-state index in [0.29, 0.717) is 18.6 Å². The van der Waals surface area contributed by atoms with Crippen LogP contribution in [0.25, 0.3) is 0 Å². The number of likely N-dealkylation sites (tertiary alicyclic amines) is 1. The lowest BCUT2D eigenvalue weighted by Gasteiger charge is -2.31. The van der Waals surface area contributed by atoms with Gasteiger partial charge in [0.2, 0.25) is 0 Å². The SMILES string of the molecule is CCC(N)C(c1ccc(C)s1)N1CCC(CO)C1. The standard InChI is InChI=1S/C14H24N2OS/c1-3-12(15)14(13-5-4-10(2)18-13)16-7-6-11(8-16)9-17/h4-5,11-12,14,17H,3,6-9,15H2,1-2H3. The molecule has 102 valence electrons. The average Bonchev–Trinajstić information content (AvgIpc) is 2.99. The predicted molar refractivity (Wildman–Crippen MR) is 76.8 cm³/mol. The summed E-state index contributed by atoms with van der Waals surface area (Å²) in [5.41, 5.74) is 6.33. The predicted octanol–water partition coefficient (Wildman–Crippen LogP) is 2.15. The first-order valence-corrected chi connectivity index (χ1v) is 7.64. The van der Waals surface area contributed by atoms with E-state index in [-0.39, 0.29) is 6.04 Å². The number of aliphatic hydroxyl groups excluding tert-OH is 1. The molecule has 1 fully saturated rings. The van der Waals surface area contributed by atoms with Crippen molar-refractivity contribution in [1.82, 2.24) is 4.90 Å². The van der Waals surface area contributed by atoms with E-state index >= 15 is 0 Å². The molecular weight excluding hydrogens is 244 g/mol. The smallest absolute Gasteiger partial charge is 0.0593 e. The largest absolute Gasteiger partial charge is 0.396 e. The highest BCUT2D eigenvalue weighted by Gasteiger charge is 2.32. The summed E-state index contributed by atoms with van der Waals surface area (Å²) in [5.74, 6) is 0.428. The fourth-order valence-electron chi connectivity index (χ4n) is 2.76. The lowest BCUT2D eigenvalue weighted by molar-refractivity contribution is 0.182. The molecule has 0 spiro atoms. The van der Waals surface area contributed by atoms with Crippen LogP contribution in [0.2, 0.25) is 0 Å². The molecule has 4 heteroatoms. The van der Waals surface area contributed by atoms with E-state index in [9.17, 15) is 5.11 Å². The number of thiophene rings is 1. The van der Waals surface area contributed by atoms with Crippen LogP contribution in [0, 0.1) is 12.8 Å². The maximum atomic E-state index is 9.28. The van der Waals surface area contributed by atoms with Crippen molar-refractivity contribution in [1.29, 1.82) is 0 Å². The number of hydrogen-bond donors (Lipinski definition) is 2. The Bertz CT molecular complexity index is 380. The van der Waals surface area contributed by atoms with Gasteiger partial charge in [0.15, 0.2) is 0 Å². The number of aliphatic hydroxyl groups is 1.